The van der Waals surface area contributed by atoms with Crippen molar-refractivity contribution in [3.8, 4) is 10.4 Å². The molecule has 34 heavy (non-hydrogen) atoms. The summed E-state index contributed by atoms with van der Waals surface area (Å²) in [4.78, 5) is 35.8. The van der Waals surface area contributed by atoms with Gasteiger partial charge < -0.3 is 14.6 Å². The first-order valence-electron chi connectivity index (χ1n) is 11.2. The molecule has 0 spiro atoms. The molecule has 0 saturated heterocycles. The molecule has 174 valence electrons. The number of H-pyrrole nitrogens is 1. The average Bonchev–Trinajstić information content (AvgIpc) is 3.45. The highest BCUT2D eigenvalue weighted by Crippen LogP contribution is 2.45. The number of rotatable bonds is 8. The molecule has 8 heteroatoms. The third-order valence-electron chi connectivity index (χ3n) is 5.90. The average molecular weight is 538 g/mol. The lowest BCUT2D eigenvalue weighted by atomic mass is 10.1. The smallest absolute Gasteiger partial charge is 0.304 e. The normalized spacial score (nSPS) is 13.2. The van der Waals surface area contributed by atoms with Crippen LogP contribution in [0, 0.1) is 0 Å². The Morgan fingerprint density at radius 2 is 2.03 bits per heavy atom. The highest BCUT2D eigenvalue weighted by Gasteiger charge is 2.32. The summed E-state index contributed by atoms with van der Waals surface area (Å²) in [5.41, 5.74) is 3.54. The first kappa shape index (κ1) is 22.8. The van der Waals surface area contributed by atoms with Gasteiger partial charge in [-0.25, -0.2) is 4.98 Å². The number of carbonyl (C=O) groups excluding carboxylic acids is 2. The van der Waals surface area contributed by atoms with Crippen molar-refractivity contribution in [2.45, 2.75) is 32.1 Å². The van der Waals surface area contributed by atoms with E-state index in [0.717, 1.165) is 49.2 Å². The van der Waals surface area contributed by atoms with Crippen molar-refractivity contribution in [1.29, 1.82) is 0 Å². The van der Waals surface area contributed by atoms with Crippen LogP contribution in [0.2, 0.25) is 0 Å². The summed E-state index contributed by atoms with van der Waals surface area (Å²) in [6.45, 7) is 1.65. The largest absolute Gasteiger partial charge is 0.444 e. The number of hydrogen-bond acceptors (Lipinski definition) is 5. The van der Waals surface area contributed by atoms with E-state index in [0.29, 0.717) is 24.6 Å². The molecule has 2 aromatic carbocycles. The van der Waals surface area contributed by atoms with Crippen molar-refractivity contribution in [2.24, 2.45) is 0 Å². The minimum Gasteiger partial charge on any atom is -0.444 e. The number of hydrogen-bond donors (Lipinski definition) is 1. The van der Waals surface area contributed by atoms with Crippen molar-refractivity contribution in [1.82, 2.24) is 14.9 Å². The fourth-order valence-electron chi connectivity index (χ4n) is 3.95. The molecule has 6 nitrogen and oxygen atoms in total. The Kier molecular flexibility index (Phi) is 6.52. The quantitative estimate of drug-likeness (QED) is 0.216. The number of esters is 1. The Morgan fingerprint density at radius 1 is 1.21 bits per heavy atom. The van der Waals surface area contributed by atoms with E-state index in [1.165, 1.54) is 6.92 Å². The molecule has 1 N–H and O–H groups in total. The highest BCUT2D eigenvalue weighted by atomic mass is 79.9. The van der Waals surface area contributed by atoms with Gasteiger partial charge in [0.15, 0.2) is 6.73 Å². The van der Waals surface area contributed by atoms with Crippen LogP contribution in [-0.2, 0) is 16.0 Å². The van der Waals surface area contributed by atoms with Gasteiger partial charge in [0.05, 0.1) is 9.88 Å². The molecule has 2 heterocycles. The Bertz CT molecular complexity index is 1360. The van der Waals surface area contributed by atoms with E-state index in [1.54, 1.807) is 16.2 Å². The second-order valence-electron chi connectivity index (χ2n) is 8.46. The lowest BCUT2D eigenvalue weighted by Crippen LogP contribution is -2.36. The van der Waals surface area contributed by atoms with Gasteiger partial charge in [-0.2, -0.15) is 0 Å². The van der Waals surface area contributed by atoms with Gasteiger partial charge in [-0.15, -0.1) is 11.3 Å². The van der Waals surface area contributed by atoms with Gasteiger partial charge in [-0.05, 0) is 48.6 Å². The lowest BCUT2D eigenvalue weighted by Gasteiger charge is -2.21. The van der Waals surface area contributed by atoms with E-state index < -0.39 is 5.97 Å². The molecule has 0 radical (unpaired) electrons. The standard InChI is InChI=1S/C26H24BrN3O3S/c1-16(31)33-15-30(12-11-19-14-28-22-8-3-2-7-21(19)22)26(32)23-24(18-5-4-6-20(27)13-18)34-25(29-23)17-9-10-17/h2-8,13-14,17,28H,9-12,15H2,1H3. The molecule has 2 aromatic heterocycles. The number of nitrogens with zero attached hydrogens (tertiary/aromatic N) is 2. The predicted octanol–water partition coefficient (Wildman–Crippen LogP) is 6.14. The number of halogens is 1. The zero-order valence-electron chi connectivity index (χ0n) is 18.7. The number of para-hydroxylation sites is 1. The maximum atomic E-state index is 13.8. The molecule has 0 unspecified atom stereocenters. The van der Waals surface area contributed by atoms with Crippen LogP contribution < -0.4 is 0 Å². The second kappa shape index (κ2) is 9.72. The second-order valence-corrected chi connectivity index (χ2v) is 10.4. The van der Waals surface area contributed by atoms with Crippen LogP contribution in [0.5, 0.6) is 0 Å². The number of carbonyl (C=O) groups is 2. The van der Waals surface area contributed by atoms with Gasteiger partial charge in [-0.3, -0.25) is 9.59 Å². The summed E-state index contributed by atoms with van der Waals surface area (Å²) < 4.78 is 6.21. The molecule has 4 aromatic rings. The van der Waals surface area contributed by atoms with Crippen LogP contribution in [0.1, 0.15) is 46.7 Å². The summed E-state index contributed by atoms with van der Waals surface area (Å²) in [6.07, 6.45) is 4.82. The summed E-state index contributed by atoms with van der Waals surface area (Å²) in [7, 11) is 0. The van der Waals surface area contributed by atoms with E-state index in [9.17, 15) is 9.59 Å². The van der Waals surface area contributed by atoms with Crippen LogP contribution in [0.3, 0.4) is 0 Å². The Hall–Kier alpha value is -2.97. The molecular weight excluding hydrogens is 514 g/mol. The van der Waals surface area contributed by atoms with Gasteiger partial charge in [0, 0.05) is 41.0 Å². The number of nitrogens with one attached hydrogen (secondary N) is 1. The number of fused-ring (bicyclic) bond motifs is 1. The van der Waals surface area contributed by atoms with Crippen molar-refractivity contribution < 1.29 is 14.3 Å². The lowest BCUT2D eigenvalue weighted by molar-refractivity contribution is -0.144. The molecule has 1 aliphatic rings. The molecule has 1 aliphatic carbocycles. The number of aromatic amines is 1. The number of ether oxygens (including phenoxy) is 1. The van der Waals surface area contributed by atoms with Crippen LogP contribution in [-0.4, -0.2) is 40.0 Å². The monoisotopic (exact) mass is 537 g/mol. The summed E-state index contributed by atoms with van der Waals surface area (Å²) in [5, 5.41) is 2.13. The van der Waals surface area contributed by atoms with Crippen LogP contribution in [0.4, 0.5) is 0 Å². The van der Waals surface area contributed by atoms with Gasteiger partial charge in [0.25, 0.3) is 5.91 Å². The molecule has 0 atom stereocenters. The zero-order chi connectivity index (χ0) is 23.7. The SMILES string of the molecule is CC(=O)OCN(CCc1c[nH]c2ccccc12)C(=O)c1nc(C2CC2)sc1-c1cccc(Br)c1. The van der Waals surface area contributed by atoms with Crippen molar-refractivity contribution in [3.05, 3.63) is 75.5 Å². The van der Waals surface area contributed by atoms with E-state index in [4.69, 9.17) is 9.72 Å². The summed E-state index contributed by atoms with van der Waals surface area (Å²) >= 11 is 5.12. The van der Waals surface area contributed by atoms with Crippen molar-refractivity contribution >= 4 is 50.0 Å². The van der Waals surface area contributed by atoms with Crippen LogP contribution in [0.25, 0.3) is 21.3 Å². The van der Waals surface area contributed by atoms with Gasteiger partial charge in [-0.1, -0.05) is 46.3 Å². The zero-order valence-corrected chi connectivity index (χ0v) is 21.1. The Balaban J connectivity index is 1.45. The first-order valence-corrected chi connectivity index (χ1v) is 12.8. The van der Waals surface area contributed by atoms with Gasteiger partial charge in [0.2, 0.25) is 0 Å². The van der Waals surface area contributed by atoms with E-state index >= 15 is 0 Å². The molecule has 1 saturated carbocycles. The van der Waals surface area contributed by atoms with Gasteiger partial charge >= 0.3 is 5.97 Å². The van der Waals surface area contributed by atoms with E-state index in [2.05, 4.69) is 27.0 Å². The van der Waals surface area contributed by atoms with Crippen LogP contribution >= 0.6 is 27.3 Å². The minimum absolute atomic E-state index is 0.106. The predicted molar refractivity (Wildman–Crippen MR) is 137 cm³/mol. The maximum absolute atomic E-state index is 13.8. The number of aromatic nitrogens is 2. The molecule has 5 rings (SSSR count). The van der Waals surface area contributed by atoms with Gasteiger partial charge in [0.1, 0.15) is 5.69 Å². The Labute approximate surface area is 210 Å². The number of thiazole rings is 1. The van der Waals surface area contributed by atoms with Crippen molar-refractivity contribution in [3.63, 3.8) is 0 Å². The van der Waals surface area contributed by atoms with Crippen LogP contribution in [0.15, 0.2) is 59.2 Å². The fraction of sp³-hybridized carbons (Fsp3) is 0.269. The topological polar surface area (TPSA) is 75.3 Å². The molecule has 1 amide bonds. The maximum Gasteiger partial charge on any atom is 0.304 e. The Morgan fingerprint density at radius 3 is 2.79 bits per heavy atom. The van der Waals surface area contributed by atoms with E-state index in [1.807, 2.05) is 48.7 Å². The molecule has 1 fully saturated rings. The minimum atomic E-state index is -0.422. The number of benzene rings is 2. The summed E-state index contributed by atoms with van der Waals surface area (Å²) in [5.74, 6) is -0.209. The molecule has 0 aliphatic heterocycles. The van der Waals surface area contributed by atoms with Crippen molar-refractivity contribution in [2.75, 3.05) is 13.3 Å². The fourth-order valence-corrected chi connectivity index (χ4v) is 5.57. The third kappa shape index (κ3) is 4.93. The first-order chi connectivity index (χ1) is 16.5. The molecular formula is C26H24BrN3O3S. The third-order valence-corrected chi connectivity index (χ3v) is 7.66. The highest BCUT2D eigenvalue weighted by molar-refractivity contribution is 9.10. The van der Waals surface area contributed by atoms with E-state index in [-0.39, 0.29) is 12.6 Å². The molecule has 0 bridgehead atoms. The summed E-state index contributed by atoms with van der Waals surface area (Å²) in [6, 6.07) is 16.0. The number of amides is 1.